The van der Waals surface area contributed by atoms with Crippen molar-refractivity contribution < 1.29 is 19.4 Å². The third-order valence-electron chi connectivity index (χ3n) is 1.84. The van der Waals surface area contributed by atoms with E-state index in [9.17, 15) is 9.59 Å². The molecule has 1 rings (SSSR count). The molecule has 17 heavy (non-hydrogen) atoms. The first kappa shape index (κ1) is 13.0. The number of aromatic nitrogens is 2. The lowest BCUT2D eigenvalue weighted by Gasteiger charge is -2.06. The number of carbonyl (C=O) groups is 2. The van der Waals surface area contributed by atoms with Crippen LogP contribution in [0.5, 0.6) is 0 Å². The topological polar surface area (TPSA) is 101 Å². The third kappa shape index (κ3) is 4.15. The number of aromatic carboxylic acids is 1. The van der Waals surface area contributed by atoms with E-state index in [2.05, 4.69) is 15.3 Å². The fourth-order valence-corrected chi connectivity index (χ4v) is 1.09. The van der Waals surface area contributed by atoms with Gasteiger partial charge in [-0.25, -0.2) is 14.8 Å². The Morgan fingerprint density at radius 3 is 2.76 bits per heavy atom. The third-order valence-corrected chi connectivity index (χ3v) is 1.84. The minimum atomic E-state index is -1.24. The molecule has 0 saturated heterocycles. The van der Waals surface area contributed by atoms with Gasteiger partial charge in [0, 0.05) is 19.0 Å². The van der Waals surface area contributed by atoms with Crippen LogP contribution >= 0.6 is 0 Å². The van der Waals surface area contributed by atoms with Crippen LogP contribution in [-0.2, 0) is 9.53 Å². The SMILES string of the molecule is CCOCCC(=O)Nc1nccnc1C(=O)O. The van der Waals surface area contributed by atoms with Gasteiger partial charge >= 0.3 is 5.97 Å². The molecule has 0 spiro atoms. The molecular formula is C10H13N3O4. The van der Waals surface area contributed by atoms with Crippen LogP contribution in [-0.4, -0.2) is 40.2 Å². The van der Waals surface area contributed by atoms with E-state index in [-0.39, 0.29) is 30.4 Å². The Labute approximate surface area is 97.8 Å². The molecule has 0 bridgehead atoms. The number of ether oxygens (including phenoxy) is 1. The summed E-state index contributed by atoms with van der Waals surface area (Å²) in [5.74, 6) is -1.65. The molecule has 7 nitrogen and oxygen atoms in total. The molecule has 1 heterocycles. The van der Waals surface area contributed by atoms with Crippen LogP contribution in [0, 0.1) is 0 Å². The summed E-state index contributed by atoms with van der Waals surface area (Å²) >= 11 is 0. The minimum absolute atomic E-state index is 0.0542. The lowest BCUT2D eigenvalue weighted by Crippen LogP contribution is -2.18. The smallest absolute Gasteiger partial charge is 0.358 e. The van der Waals surface area contributed by atoms with Crippen molar-refractivity contribution in [1.82, 2.24) is 9.97 Å². The summed E-state index contributed by atoms with van der Waals surface area (Å²) in [6.07, 6.45) is 2.70. The number of carboxylic acids is 1. The molecule has 0 aliphatic heterocycles. The molecule has 1 aromatic heterocycles. The van der Waals surface area contributed by atoms with Crippen LogP contribution in [0.4, 0.5) is 5.82 Å². The van der Waals surface area contributed by atoms with Gasteiger partial charge in [0.05, 0.1) is 13.0 Å². The summed E-state index contributed by atoms with van der Waals surface area (Å²) in [6.45, 7) is 2.63. The van der Waals surface area contributed by atoms with E-state index in [0.29, 0.717) is 6.61 Å². The average Bonchev–Trinajstić information content (AvgIpc) is 2.29. The number of amides is 1. The predicted octanol–water partition coefficient (Wildman–Crippen LogP) is 0.540. The van der Waals surface area contributed by atoms with E-state index in [0.717, 1.165) is 0 Å². The lowest BCUT2D eigenvalue weighted by atomic mass is 10.3. The van der Waals surface area contributed by atoms with Gasteiger partial charge < -0.3 is 15.2 Å². The normalized spacial score (nSPS) is 9.94. The Morgan fingerprint density at radius 1 is 1.41 bits per heavy atom. The number of hydrogen-bond acceptors (Lipinski definition) is 5. The Balaban J connectivity index is 2.61. The van der Waals surface area contributed by atoms with Crippen molar-refractivity contribution in [2.75, 3.05) is 18.5 Å². The number of anilines is 1. The van der Waals surface area contributed by atoms with Gasteiger partial charge in [-0.3, -0.25) is 4.79 Å². The number of nitrogens with one attached hydrogen (secondary N) is 1. The van der Waals surface area contributed by atoms with Gasteiger partial charge in [0.25, 0.3) is 0 Å². The molecule has 0 atom stereocenters. The predicted molar refractivity (Wildman–Crippen MR) is 58.7 cm³/mol. The molecule has 7 heteroatoms. The van der Waals surface area contributed by atoms with Crippen LogP contribution in [0.25, 0.3) is 0 Å². The Bertz CT molecular complexity index is 408. The van der Waals surface area contributed by atoms with Gasteiger partial charge in [-0.2, -0.15) is 0 Å². The molecule has 0 aliphatic carbocycles. The minimum Gasteiger partial charge on any atom is -0.476 e. The van der Waals surface area contributed by atoms with Gasteiger partial charge in [-0.05, 0) is 6.92 Å². The second-order valence-corrected chi connectivity index (χ2v) is 3.05. The second kappa shape index (κ2) is 6.54. The summed E-state index contributed by atoms with van der Waals surface area (Å²) in [7, 11) is 0. The maximum Gasteiger partial charge on any atom is 0.358 e. The Kier molecular flexibility index (Phi) is 5.02. The maximum atomic E-state index is 11.4. The van der Waals surface area contributed by atoms with Crippen molar-refractivity contribution in [3.05, 3.63) is 18.1 Å². The summed E-state index contributed by atoms with van der Waals surface area (Å²) in [4.78, 5) is 29.6. The summed E-state index contributed by atoms with van der Waals surface area (Å²) in [6, 6.07) is 0. The van der Waals surface area contributed by atoms with Crippen molar-refractivity contribution in [1.29, 1.82) is 0 Å². The van der Waals surface area contributed by atoms with Crippen LogP contribution in [0.3, 0.4) is 0 Å². The van der Waals surface area contributed by atoms with Gasteiger partial charge in [0.2, 0.25) is 5.91 Å². The Hall–Kier alpha value is -2.02. The molecule has 0 aliphatic rings. The highest BCUT2D eigenvalue weighted by atomic mass is 16.5. The van der Waals surface area contributed by atoms with E-state index in [1.165, 1.54) is 12.4 Å². The van der Waals surface area contributed by atoms with E-state index in [1.807, 2.05) is 6.92 Å². The van der Waals surface area contributed by atoms with Crippen molar-refractivity contribution >= 4 is 17.7 Å². The van der Waals surface area contributed by atoms with Gasteiger partial charge in [-0.1, -0.05) is 0 Å². The van der Waals surface area contributed by atoms with E-state index >= 15 is 0 Å². The largest absolute Gasteiger partial charge is 0.476 e. The monoisotopic (exact) mass is 239 g/mol. The summed E-state index contributed by atoms with van der Waals surface area (Å²) in [5.41, 5.74) is -0.280. The molecule has 0 fully saturated rings. The van der Waals surface area contributed by atoms with Crippen LogP contribution in [0.2, 0.25) is 0 Å². The highest BCUT2D eigenvalue weighted by molar-refractivity contribution is 5.97. The highest BCUT2D eigenvalue weighted by Gasteiger charge is 2.14. The number of carboxylic acid groups (broad SMARTS) is 1. The summed E-state index contributed by atoms with van der Waals surface area (Å²) < 4.78 is 5.01. The average molecular weight is 239 g/mol. The summed E-state index contributed by atoms with van der Waals surface area (Å²) in [5, 5.41) is 11.2. The van der Waals surface area contributed by atoms with E-state index < -0.39 is 5.97 Å². The zero-order valence-corrected chi connectivity index (χ0v) is 9.34. The molecule has 2 N–H and O–H groups in total. The number of hydrogen-bond donors (Lipinski definition) is 2. The lowest BCUT2D eigenvalue weighted by molar-refractivity contribution is -0.117. The molecular weight excluding hydrogens is 226 g/mol. The molecule has 92 valence electrons. The van der Waals surface area contributed by atoms with E-state index in [4.69, 9.17) is 9.84 Å². The van der Waals surface area contributed by atoms with E-state index in [1.54, 1.807) is 0 Å². The van der Waals surface area contributed by atoms with Crippen molar-refractivity contribution in [2.45, 2.75) is 13.3 Å². The molecule has 0 aromatic carbocycles. The number of rotatable bonds is 6. The van der Waals surface area contributed by atoms with Crippen molar-refractivity contribution in [2.24, 2.45) is 0 Å². The Morgan fingerprint density at radius 2 is 2.12 bits per heavy atom. The first-order chi connectivity index (χ1) is 8.15. The quantitative estimate of drug-likeness (QED) is 0.702. The second-order valence-electron chi connectivity index (χ2n) is 3.05. The van der Waals surface area contributed by atoms with Crippen LogP contribution in [0.15, 0.2) is 12.4 Å². The van der Waals surface area contributed by atoms with Gasteiger partial charge in [0.15, 0.2) is 11.5 Å². The van der Waals surface area contributed by atoms with Crippen LogP contribution < -0.4 is 5.32 Å². The van der Waals surface area contributed by atoms with Gasteiger partial charge in [-0.15, -0.1) is 0 Å². The molecule has 0 saturated carbocycles. The molecule has 1 amide bonds. The first-order valence-corrected chi connectivity index (χ1v) is 5.07. The standard InChI is InChI=1S/C10H13N3O4/c1-2-17-6-3-7(14)13-9-8(10(15)16)11-4-5-12-9/h4-5H,2-3,6H2,1H3,(H,15,16)(H,12,13,14). The number of carbonyl (C=O) groups excluding carboxylic acids is 1. The molecule has 1 aromatic rings. The number of nitrogens with zero attached hydrogens (tertiary/aromatic N) is 2. The molecule has 0 unspecified atom stereocenters. The van der Waals surface area contributed by atoms with Gasteiger partial charge in [0.1, 0.15) is 0 Å². The zero-order valence-electron chi connectivity index (χ0n) is 9.34. The van der Waals surface area contributed by atoms with Crippen LogP contribution in [0.1, 0.15) is 23.8 Å². The fraction of sp³-hybridized carbons (Fsp3) is 0.400. The van der Waals surface area contributed by atoms with Crippen molar-refractivity contribution in [3.63, 3.8) is 0 Å². The van der Waals surface area contributed by atoms with Crippen molar-refractivity contribution in [3.8, 4) is 0 Å². The first-order valence-electron chi connectivity index (χ1n) is 5.07. The zero-order chi connectivity index (χ0) is 12.7. The maximum absolute atomic E-state index is 11.4. The fourth-order valence-electron chi connectivity index (χ4n) is 1.09. The highest BCUT2D eigenvalue weighted by Crippen LogP contribution is 2.08. The molecule has 0 radical (unpaired) electrons.